The molecule has 3 aromatic rings. The molecule has 1 aliphatic carbocycles. The maximum Gasteiger partial charge on any atom is 0.307 e. The Hall–Kier alpha value is -4.70. The summed E-state index contributed by atoms with van der Waals surface area (Å²) in [6.07, 6.45) is 4.28. The molecule has 10 heteroatoms. The number of amidine groups is 1. The highest BCUT2D eigenvalue weighted by Gasteiger charge is 2.34. The van der Waals surface area contributed by atoms with E-state index in [1.165, 1.54) is 16.8 Å². The van der Waals surface area contributed by atoms with E-state index in [9.17, 15) is 24.3 Å². The lowest BCUT2D eigenvalue weighted by Gasteiger charge is -2.24. The third-order valence-electron chi connectivity index (χ3n) is 6.83. The molecule has 0 saturated heterocycles. The molecule has 2 aliphatic rings. The summed E-state index contributed by atoms with van der Waals surface area (Å²) in [6, 6.07) is 25.3. The maximum absolute atomic E-state index is 13.5. The van der Waals surface area contributed by atoms with Crippen LogP contribution >= 0.6 is 11.8 Å². The van der Waals surface area contributed by atoms with Gasteiger partial charge in [-0.05, 0) is 48.7 Å². The van der Waals surface area contributed by atoms with Gasteiger partial charge in [0.05, 0.1) is 23.9 Å². The highest BCUT2D eigenvalue weighted by molar-refractivity contribution is 8.00. The van der Waals surface area contributed by atoms with E-state index in [2.05, 4.69) is 15.7 Å². The molecule has 0 saturated carbocycles. The van der Waals surface area contributed by atoms with Gasteiger partial charge in [0, 0.05) is 10.6 Å². The highest BCUT2D eigenvalue weighted by atomic mass is 32.2. The van der Waals surface area contributed by atoms with Crippen LogP contribution in [0, 0.1) is 11.8 Å². The number of amides is 3. The van der Waals surface area contributed by atoms with Gasteiger partial charge in [0.15, 0.2) is 0 Å². The summed E-state index contributed by atoms with van der Waals surface area (Å²) < 4.78 is 0. The first-order valence-electron chi connectivity index (χ1n) is 13.2. The molecular weight excluding hydrogens is 540 g/mol. The van der Waals surface area contributed by atoms with Crippen LogP contribution in [0.25, 0.3) is 0 Å². The number of allylic oxidation sites excluding steroid dienone is 2. The smallest absolute Gasteiger partial charge is 0.307 e. The molecule has 3 N–H and O–H groups in total. The van der Waals surface area contributed by atoms with Gasteiger partial charge in [0.1, 0.15) is 11.1 Å². The van der Waals surface area contributed by atoms with Crippen LogP contribution in [0.4, 0.5) is 11.4 Å². The Balaban J connectivity index is 1.32. The Bertz CT molecular complexity index is 1510. The number of hydrogen-bond acceptors (Lipinski definition) is 6. The second-order valence-corrected chi connectivity index (χ2v) is 10.9. The van der Waals surface area contributed by atoms with Crippen LogP contribution in [0.15, 0.2) is 107 Å². The maximum atomic E-state index is 13.5. The Kier molecular flexibility index (Phi) is 8.59. The molecule has 5 rings (SSSR count). The summed E-state index contributed by atoms with van der Waals surface area (Å²) in [5, 5.41) is 20.2. The predicted octanol–water partition coefficient (Wildman–Crippen LogP) is 4.99. The van der Waals surface area contributed by atoms with Crippen molar-refractivity contribution in [2.45, 2.75) is 29.4 Å². The molecule has 1 heterocycles. The van der Waals surface area contributed by atoms with Crippen molar-refractivity contribution in [2.75, 3.05) is 10.3 Å². The number of hydrogen-bond donors (Lipinski definition) is 3. The van der Waals surface area contributed by atoms with Crippen molar-refractivity contribution in [1.82, 2.24) is 5.32 Å². The lowest BCUT2D eigenvalue weighted by atomic mass is 9.82. The van der Waals surface area contributed by atoms with Gasteiger partial charge in [-0.1, -0.05) is 66.7 Å². The fourth-order valence-corrected chi connectivity index (χ4v) is 5.86. The lowest BCUT2D eigenvalue weighted by Crippen LogP contribution is -2.34. The van der Waals surface area contributed by atoms with Gasteiger partial charge in [-0.15, -0.1) is 11.8 Å². The average Bonchev–Trinajstić information content (AvgIpc) is 3.36. The van der Waals surface area contributed by atoms with E-state index in [0.717, 1.165) is 10.5 Å². The number of carboxylic acid groups (broad SMARTS) is 1. The van der Waals surface area contributed by atoms with E-state index in [-0.39, 0.29) is 30.0 Å². The average molecular weight is 569 g/mol. The van der Waals surface area contributed by atoms with Gasteiger partial charge in [-0.25, -0.2) is 0 Å². The highest BCUT2D eigenvalue weighted by Crippen LogP contribution is 2.37. The molecule has 0 bridgehead atoms. The zero-order valence-corrected chi connectivity index (χ0v) is 22.8. The van der Waals surface area contributed by atoms with Gasteiger partial charge in [-0.3, -0.25) is 19.2 Å². The number of benzene rings is 3. The van der Waals surface area contributed by atoms with E-state index in [0.29, 0.717) is 24.2 Å². The molecule has 208 valence electrons. The topological polar surface area (TPSA) is 128 Å². The van der Waals surface area contributed by atoms with Crippen molar-refractivity contribution in [1.29, 1.82) is 0 Å². The van der Waals surface area contributed by atoms with Crippen molar-refractivity contribution in [3.05, 3.63) is 103 Å². The minimum Gasteiger partial charge on any atom is -0.481 e. The van der Waals surface area contributed by atoms with Crippen LogP contribution in [-0.2, 0) is 19.2 Å². The van der Waals surface area contributed by atoms with Crippen LogP contribution in [0.2, 0.25) is 0 Å². The predicted molar refractivity (Wildman–Crippen MR) is 157 cm³/mol. The molecule has 0 radical (unpaired) electrons. The van der Waals surface area contributed by atoms with Crippen molar-refractivity contribution in [3.63, 3.8) is 0 Å². The molecule has 9 nitrogen and oxygen atoms in total. The number of carbonyl (C=O) groups excluding carboxylic acids is 3. The minimum atomic E-state index is -0.990. The van der Waals surface area contributed by atoms with Crippen molar-refractivity contribution in [3.8, 4) is 0 Å². The first kappa shape index (κ1) is 27.9. The minimum absolute atomic E-state index is 0.0258. The van der Waals surface area contributed by atoms with Gasteiger partial charge in [0.25, 0.3) is 5.91 Å². The molecule has 3 amide bonds. The van der Waals surface area contributed by atoms with Gasteiger partial charge in [-0.2, -0.15) is 10.1 Å². The van der Waals surface area contributed by atoms with Gasteiger partial charge >= 0.3 is 5.97 Å². The molecule has 0 fully saturated rings. The van der Waals surface area contributed by atoms with Crippen LogP contribution in [-0.4, -0.2) is 34.6 Å². The number of hydrazone groups is 1. The van der Waals surface area contributed by atoms with E-state index in [1.54, 1.807) is 36.4 Å². The standard InChI is InChI=1S/C31H28N4O5S/c36-27-19-26(34-35(27)22-13-5-2-6-14-22)33-30(38)28(20-10-3-1-4-11-20)41-23-15-9-12-21(18-23)32-29(37)24-16-7-8-17-25(24)31(39)40/h1-15,18,24-25,28H,16-17,19H2,(H,32,37)(H,39,40)(H,33,34,38). The molecule has 0 spiro atoms. The summed E-state index contributed by atoms with van der Waals surface area (Å²) in [7, 11) is 0. The molecule has 0 aromatic heterocycles. The molecule has 3 aromatic carbocycles. The van der Waals surface area contributed by atoms with E-state index < -0.39 is 23.1 Å². The van der Waals surface area contributed by atoms with E-state index in [1.807, 2.05) is 60.7 Å². The van der Waals surface area contributed by atoms with Crippen molar-refractivity contribution in [2.24, 2.45) is 16.9 Å². The van der Waals surface area contributed by atoms with Crippen LogP contribution in [0.3, 0.4) is 0 Å². The quantitative estimate of drug-likeness (QED) is 0.259. The third kappa shape index (κ3) is 6.72. The number of aliphatic carboxylic acids is 1. The molecule has 3 unspecified atom stereocenters. The zero-order chi connectivity index (χ0) is 28.8. The Morgan fingerprint density at radius 2 is 1.56 bits per heavy atom. The molecule has 41 heavy (non-hydrogen) atoms. The fraction of sp³-hybridized carbons (Fsp3) is 0.194. The van der Waals surface area contributed by atoms with E-state index in [4.69, 9.17) is 0 Å². The largest absolute Gasteiger partial charge is 0.481 e. The lowest BCUT2D eigenvalue weighted by molar-refractivity contribution is -0.146. The zero-order valence-electron chi connectivity index (χ0n) is 22.0. The summed E-state index contributed by atoms with van der Waals surface area (Å²) in [5.74, 6) is -3.09. The second-order valence-electron chi connectivity index (χ2n) is 9.67. The number of carboxylic acids is 1. The summed E-state index contributed by atoms with van der Waals surface area (Å²) >= 11 is 1.29. The molecule has 1 aliphatic heterocycles. The second kappa shape index (κ2) is 12.6. The number of para-hydroxylation sites is 1. The Labute approximate surface area is 241 Å². The Morgan fingerprint density at radius 1 is 0.878 bits per heavy atom. The number of nitrogens with one attached hydrogen (secondary N) is 2. The van der Waals surface area contributed by atoms with Crippen LogP contribution < -0.4 is 15.6 Å². The number of carbonyl (C=O) groups is 4. The molecule has 3 atom stereocenters. The summed E-state index contributed by atoms with van der Waals surface area (Å²) in [6.45, 7) is 0. The van der Waals surface area contributed by atoms with Crippen molar-refractivity contribution < 1.29 is 24.3 Å². The SMILES string of the molecule is O=C(NC1=NN(c2ccccc2)C(=O)C1)C(Sc1cccc(NC(=O)C2CC=CCC2C(=O)O)c1)c1ccccc1. The van der Waals surface area contributed by atoms with Crippen molar-refractivity contribution >= 4 is 52.7 Å². The first-order chi connectivity index (χ1) is 19.9. The Morgan fingerprint density at radius 3 is 2.27 bits per heavy atom. The monoisotopic (exact) mass is 568 g/mol. The fourth-order valence-electron chi connectivity index (χ4n) is 4.77. The number of thioether (sulfide) groups is 1. The van der Waals surface area contributed by atoms with Crippen LogP contribution in [0.1, 0.15) is 30.1 Å². The number of rotatable bonds is 8. The third-order valence-corrected chi connectivity index (χ3v) is 8.07. The first-order valence-corrected chi connectivity index (χ1v) is 14.0. The van der Waals surface area contributed by atoms with E-state index >= 15 is 0 Å². The van der Waals surface area contributed by atoms with Crippen LogP contribution in [0.5, 0.6) is 0 Å². The number of nitrogens with zero attached hydrogens (tertiary/aromatic N) is 2. The summed E-state index contributed by atoms with van der Waals surface area (Å²) in [5.41, 5.74) is 1.89. The molecular formula is C31H28N4O5S. The van der Waals surface area contributed by atoms with Gasteiger partial charge in [0.2, 0.25) is 11.8 Å². The summed E-state index contributed by atoms with van der Waals surface area (Å²) in [4.78, 5) is 51.5. The normalized spacial score (nSPS) is 18.9. The van der Waals surface area contributed by atoms with Gasteiger partial charge < -0.3 is 15.7 Å². The number of anilines is 2.